The van der Waals surface area contributed by atoms with E-state index in [-0.39, 0.29) is 18.1 Å². The van der Waals surface area contributed by atoms with Crippen LogP contribution in [0.15, 0.2) is 0 Å². The lowest BCUT2D eigenvalue weighted by Gasteiger charge is -2.22. The average molecular weight is 258 g/mol. The number of hydrogen-bond acceptors (Lipinski definition) is 4. The fourth-order valence-corrected chi connectivity index (χ4v) is 2.11. The highest BCUT2D eigenvalue weighted by atomic mass is 16.5. The Morgan fingerprint density at radius 2 is 2.39 bits per heavy atom. The van der Waals surface area contributed by atoms with Crippen LogP contribution in [0.1, 0.15) is 38.5 Å². The van der Waals surface area contributed by atoms with Crippen molar-refractivity contribution in [1.29, 1.82) is 0 Å². The molecule has 0 bridgehead atoms. The molecule has 2 atom stereocenters. The third-order valence-corrected chi connectivity index (χ3v) is 3.19. The first-order chi connectivity index (χ1) is 8.72. The predicted molar refractivity (Wildman–Crippen MR) is 70.3 cm³/mol. The van der Waals surface area contributed by atoms with Crippen molar-refractivity contribution in [2.75, 3.05) is 26.9 Å². The lowest BCUT2D eigenvalue weighted by Crippen LogP contribution is -2.33. The monoisotopic (exact) mass is 258 g/mol. The van der Waals surface area contributed by atoms with Crippen LogP contribution in [0.25, 0.3) is 0 Å². The smallest absolute Gasteiger partial charge is 0.220 e. The molecule has 1 amide bonds. The lowest BCUT2D eigenvalue weighted by atomic mass is 10.0. The highest BCUT2D eigenvalue weighted by molar-refractivity contribution is 5.75. The van der Waals surface area contributed by atoms with Crippen molar-refractivity contribution in [3.63, 3.8) is 0 Å². The summed E-state index contributed by atoms with van der Waals surface area (Å²) in [5.41, 5.74) is 5.77. The predicted octanol–water partition coefficient (Wildman–Crippen LogP) is 0.816. The van der Waals surface area contributed by atoms with Gasteiger partial charge in [0.2, 0.25) is 5.91 Å². The molecule has 0 aromatic carbocycles. The van der Waals surface area contributed by atoms with E-state index in [1.54, 1.807) is 7.11 Å². The highest BCUT2D eigenvalue weighted by Gasteiger charge is 2.15. The molecule has 1 heterocycles. The topological polar surface area (TPSA) is 73.6 Å². The minimum Gasteiger partial charge on any atom is -0.383 e. The zero-order valence-corrected chi connectivity index (χ0v) is 11.3. The number of nitrogens with one attached hydrogen (secondary N) is 1. The molecule has 0 aromatic rings. The normalized spacial score (nSPS) is 21.6. The van der Waals surface area contributed by atoms with Gasteiger partial charge in [-0.05, 0) is 32.1 Å². The summed E-state index contributed by atoms with van der Waals surface area (Å²) in [5.74, 6) is 0.0915. The van der Waals surface area contributed by atoms with Gasteiger partial charge in [-0.1, -0.05) is 0 Å². The molecule has 1 aliphatic rings. The average Bonchev–Trinajstić information content (AvgIpc) is 2.38. The molecular weight excluding hydrogens is 232 g/mol. The molecule has 1 fully saturated rings. The summed E-state index contributed by atoms with van der Waals surface area (Å²) in [6.07, 6.45) is 5.87. The third kappa shape index (κ3) is 6.93. The molecule has 5 nitrogen and oxygen atoms in total. The van der Waals surface area contributed by atoms with Gasteiger partial charge in [-0.3, -0.25) is 4.79 Å². The second-order valence-electron chi connectivity index (χ2n) is 4.88. The minimum atomic E-state index is -0.00280. The Morgan fingerprint density at radius 3 is 3.06 bits per heavy atom. The number of amides is 1. The van der Waals surface area contributed by atoms with Crippen LogP contribution in [0.3, 0.4) is 0 Å². The number of carbonyl (C=O) groups excluding carboxylic acids is 1. The summed E-state index contributed by atoms with van der Waals surface area (Å²) < 4.78 is 10.5. The van der Waals surface area contributed by atoms with E-state index in [0.717, 1.165) is 32.3 Å². The first kappa shape index (κ1) is 15.4. The molecule has 0 radical (unpaired) electrons. The molecule has 106 valence electrons. The minimum absolute atomic E-state index is 0.00280. The molecular formula is C13H26N2O3. The zero-order chi connectivity index (χ0) is 13.2. The first-order valence-corrected chi connectivity index (χ1v) is 6.85. The highest BCUT2D eigenvalue weighted by Crippen LogP contribution is 2.16. The maximum atomic E-state index is 11.6. The number of nitrogens with two attached hydrogens (primary N) is 1. The van der Waals surface area contributed by atoms with Crippen LogP contribution in [-0.2, 0) is 14.3 Å². The number of carbonyl (C=O) groups is 1. The second-order valence-corrected chi connectivity index (χ2v) is 4.88. The number of rotatable bonds is 8. The Labute approximate surface area is 109 Å². The van der Waals surface area contributed by atoms with E-state index in [0.29, 0.717) is 19.6 Å². The Morgan fingerprint density at radius 1 is 1.56 bits per heavy atom. The van der Waals surface area contributed by atoms with E-state index in [1.807, 2.05) is 0 Å². The van der Waals surface area contributed by atoms with Crippen molar-refractivity contribution < 1.29 is 14.3 Å². The number of methoxy groups -OCH3 is 1. The Bertz CT molecular complexity index is 230. The first-order valence-electron chi connectivity index (χ1n) is 6.85. The van der Waals surface area contributed by atoms with Crippen LogP contribution in [0.2, 0.25) is 0 Å². The molecule has 1 aliphatic heterocycles. The molecule has 1 rings (SSSR count). The van der Waals surface area contributed by atoms with Crippen LogP contribution < -0.4 is 11.1 Å². The molecule has 2 unspecified atom stereocenters. The maximum Gasteiger partial charge on any atom is 0.220 e. The van der Waals surface area contributed by atoms with E-state index in [4.69, 9.17) is 15.2 Å². The summed E-state index contributed by atoms with van der Waals surface area (Å²) in [7, 11) is 1.63. The van der Waals surface area contributed by atoms with Gasteiger partial charge < -0.3 is 20.5 Å². The number of hydrogen-bond donors (Lipinski definition) is 2. The van der Waals surface area contributed by atoms with Gasteiger partial charge in [-0.25, -0.2) is 0 Å². The summed E-state index contributed by atoms with van der Waals surface area (Å²) in [6, 6.07) is -0.00280. The van der Waals surface area contributed by atoms with Gasteiger partial charge in [-0.2, -0.15) is 0 Å². The molecule has 5 heteroatoms. The zero-order valence-electron chi connectivity index (χ0n) is 11.3. The van der Waals surface area contributed by atoms with Crippen molar-refractivity contribution >= 4 is 5.91 Å². The van der Waals surface area contributed by atoms with Crippen molar-refractivity contribution in [2.45, 2.75) is 50.7 Å². The van der Waals surface area contributed by atoms with E-state index in [9.17, 15) is 4.79 Å². The van der Waals surface area contributed by atoms with Crippen LogP contribution in [0.4, 0.5) is 0 Å². The Kier molecular flexibility index (Phi) is 7.96. The van der Waals surface area contributed by atoms with E-state index in [1.165, 1.54) is 6.42 Å². The molecule has 0 saturated carbocycles. The molecule has 0 spiro atoms. The molecule has 0 aliphatic carbocycles. The molecule has 0 aromatic heterocycles. The Balaban J connectivity index is 1.99. The van der Waals surface area contributed by atoms with Gasteiger partial charge in [-0.15, -0.1) is 0 Å². The maximum absolute atomic E-state index is 11.6. The quantitative estimate of drug-likeness (QED) is 0.676. The lowest BCUT2D eigenvalue weighted by molar-refractivity contribution is -0.122. The van der Waals surface area contributed by atoms with Gasteiger partial charge in [0.15, 0.2) is 0 Å². The molecule has 3 N–H and O–H groups in total. The SMILES string of the molecule is COCC(N)CCNC(=O)CCC1CCCCO1. The fraction of sp³-hybridized carbons (Fsp3) is 0.923. The van der Waals surface area contributed by atoms with Crippen LogP contribution in [0.5, 0.6) is 0 Å². The van der Waals surface area contributed by atoms with E-state index >= 15 is 0 Å². The van der Waals surface area contributed by atoms with Gasteiger partial charge >= 0.3 is 0 Å². The largest absolute Gasteiger partial charge is 0.383 e. The summed E-state index contributed by atoms with van der Waals surface area (Å²) in [4.78, 5) is 11.6. The van der Waals surface area contributed by atoms with Crippen LogP contribution in [-0.4, -0.2) is 44.9 Å². The van der Waals surface area contributed by atoms with Gasteiger partial charge in [0.05, 0.1) is 12.7 Å². The standard InChI is InChI=1S/C13H26N2O3/c1-17-10-11(14)7-8-15-13(16)6-5-12-4-2-3-9-18-12/h11-12H,2-10,14H2,1H3,(H,15,16). The number of ether oxygens (including phenoxy) is 2. The van der Waals surface area contributed by atoms with Crippen LogP contribution in [0, 0.1) is 0 Å². The van der Waals surface area contributed by atoms with Crippen molar-refractivity contribution in [2.24, 2.45) is 5.73 Å². The summed E-state index contributed by atoms with van der Waals surface area (Å²) >= 11 is 0. The van der Waals surface area contributed by atoms with Gasteiger partial charge in [0.1, 0.15) is 0 Å². The van der Waals surface area contributed by atoms with E-state index in [2.05, 4.69) is 5.32 Å². The van der Waals surface area contributed by atoms with E-state index < -0.39 is 0 Å². The van der Waals surface area contributed by atoms with Crippen molar-refractivity contribution in [3.8, 4) is 0 Å². The van der Waals surface area contributed by atoms with Crippen LogP contribution >= 0.6 is 0 Å². The molecule has 18 heavy (non-hydrogen) atoms. The Hall–Kier alpha value is -0.650. The van der Waals surface area contributed by atoms with Crippen molar-refractivity contribution in [3.05, 3.63) is 0 Å². The molecule has 1 saturated heterocycles. The fourth-order valence-electron chi connectivity index (χ4n) is 2.11. The summed E-state index contributed by atoms with van der Waals surface area (Å²) in [6.45, 7) is 2.00. The van der Waals surface area contributed by atoms with Crippen molar-refractivity contribution in [1.82, 2.24) is 5.32 Å². The van der Waals surface area contributed by atoms with Gasteiger partial charge in [0, 0.05) is 32.7 Å². The second kappa shape index (κ2) is 9.30. The van der Waals surface area contributed by atoms with Gasteiger partial charge in [0.25, 0.3) is 0 Å². The third-order valence-electron chi connectivity index (χ3n) is 3.19. The summed E-state index contributed by atoms with van der Waals surface area (Å²) in [5, 5.41) is 2.88.